The minimum Gasteiger partial charge on any atom is -0.508 e. The first-order chi connectivity index (χ1) is 8.56. The smallest absolute Gasteiger partial charge is 0.142 e. The highest BCUT2D eigenvalue weighted by molar-refractivity contribution is 6.30. The van der Waals surface area contributed by atoms with Crippen molar-refractivity contribution in [1.82, 2.24) is 0 Å². The molecule has 2 rings (SSSR count). The van der Waals surface area contributed by atoms with Gasteiger partial charge in [-0.3, -0.25) is 0 Å². The van der Waals surface area contributed by atoms with E-state index < -0.39 is 11.9 Å². The van der Waals surface area contributed by atoms with Crippen LogP contribution in [0.2, 0.25) is 5.02 Å². The molecular weight excluding hydrogens is 255 g/mol. The first-order valence-corrected chi connectivity index (χ1v) is 5.85. The summed E-state index contributed by atoms with van der Waals surface area (Å²) >= 11 is 5.58. The van der Waals surface area contributed by atoms with Gasteiger partial charge < -0.3 is 10.2 Å². The highest BCUT2D eigenvalue weighted by Gasteiger charge is 2.11. The van der Waals surface area contributed by atoms with Gasteiger partial charge in [0.2, 0.25) is 0 Å². The summed E-state index contributed by atoms with van der Waals surface area (Å²) in [6.45, 7) is 0. The maximum Gasteiger partial charge on any atom is 0.142 e. The molecule has 0 saturated heterocycles. The number of hydrogen-bond acceptors (Lipinski definition) is 2. The van der Waals surface area contributed by atoms with Crippen LogP contribution in [0.4, 0.5) is 4.39 Å². The van der Waals surface area contributed by atoms with Crippen molar-refractivity contribution in [1.29, 1.82) is 0 Å². The molecule has 0 bridgehead atoms. The van der Waals surface area contributed by atoms with Crippen LogP contribution in [0.1, 0.15) is 17.2 Å². The first-order valence-electron chi connectivity index (χ1n) is 5.47. The molecular formula is C14H12ClFO2. The Bertz CT molecular complexity index is 540. The molecule has 1 unspecified atom stereocenters. The van der Waals surface area contributed by atoms with Crippen molar-refractivity contribution in [3.05, 3.63) is 64.4 Å². The summed E-state index contributed by atoms with van der Waals surface area (Å²) in [5.74, 6) is -0.371. The summed E-state index contributed by atoms with van der Waals surface area (Å²) in [6.07, 6.45) is -0.456. The van der Waals surface area contributed by atoms with Crippen molar-refractivity contribution in [2.24, 2.45) is 0 Å². The molecule has 94 valence electrons. The van der Waals surface area contributed by atoms with E-state index >= 15 is 0 Å². The fraction of sp³-hybridized carbons (Fsp3) is 0.143. The molecule has 0 fully saturated rings. The van der Waals surface area contributed by atoms with Gasteiger partial charge in [0.1, 0.15) is 11.6 Å². The molecule has 0 heterocycles. The average molecular weight is 267 g/mol. The van der Waals surface area contributed by atoms with Crippen molar-refractivity contribution >= 4 is 11.6 Å². The van der Waals surface area contributed by atoms with Crippen LogP contribution in [0.15, 0.2) is 42.5 Å². The summed E-state index contributed by atoms with van der Waals surface area (Å²) in [7, 11) is 0. The lowest BCUT2D eigenvalue weighted by atomic mass is 10.0. The molecule has 2 aromatic carbocycles. The van der Waals surface area contributed by atoms with Crippen LogP contribution < -0.4 is 0 Å². The number of phenolic OH excluding ortho intramolecular Hbond substituents is 1. The molecule has 4 heteroatoms. The topological polar surface area (TPSA) is 40.5 Å². The number of aliphatic hydroxyl groups excluding tert-OH is 1. The van der Waals surface area contributed by atoms with Crippen LogP contribution >= 0.6 is 11.6 Å². The largest absolute Gasteiger partial charge is 0.508 e. The lowest BCUT2D eigenvalue weighted by Crippen LogP contribution is -2.02. The van der Waals surface area contributed by atoms with Gasteiger partial charge in [-0.15, -0.1) is 0 Å². The van der Waals surface area contributed by atoms with Crippen molar-refractivity contribution in [2.75, 3.05) is 0 Å². The molecule has 0 saturated carbocycles. The molecule has 0 aliphatic rings. The van der Waals surface area contributed by atoms with Gasteiger partial charge in [0.25, 0.3) is 0 Å². The van der Waals surface area contributed by atoms with Crippen LogP contribution in [0.25, 0.3) is 0 Å². The quantitative estimate of drug-likeness (QED) is 0.893. The number of rotatable bonds is 3. The number of aromatic hydroxyl groups is 1. The van der Waals surface area contributed by atoms with Crippen molar-refractivity contribution in [2.45, 2.75) is 12.5 Å². The molecule has 18 heavy (non-hydrogen) atoms. The average Bonchev–Trinajstić information content (AvgIpc) is 2.35. The summed E-state index contributed by atoms with van der Waals surface area (Å²) in [6, 6.07) is 10.8. The second-order valence-electron chi connectivity index (χ2n) is 4.06. The summed E-state index contributed by atoms with van der Waals surface area (Å²) in [5, 5.41) is 19.2. The van der Waals surface area contributed by atoms with Crippen molar-refractivity contribution < 1.29 is 14.6 Å². The van der Waals surface area contributed by atoms with Crippen LogP contribution in [0.5, 0.6) is 5.75 Å². The van der Waals surface area contributed by atoms with Gasteiger partial charge in [-0.05, 0) is 35.4 Å². The Balaban J connectivity index is 2.13. The van der Waals surface area contributed by atoms with Gasteiger partial charge in [-0.2, -0.15) is 0 Å². The maximum absolute atomic E-state index is 13.3. The Kier molecular flexibility index (Phi) is 3.84. The molecule has 0 spiro atoms. The zero-order valence-electron chi connectivity index (χ0n) is 9.48. The molecule has 2 N–H and O–H groups in total. The predicted molar refractivity (Wildman–Crippen MR) is 68.2 cm³/mol. The van der Waals surface area contributed by atoms with Crippen LogP contribution in [0.3, 0.4) is 0 Å². The second kappa shape index (κ2) is 5.38. The van der Waals surface area contributed by atoms with Gasteiger partial charge in [0.15, 0.2) is 0 Å². The molecule has 1 atom stereocenters. The van der Waals surface area contributed by atoms with E-state index in [9.17, 15) is 9.50 Å². The summed E-state index contributed by atoms with van der Waals surface area (Å²) < 4.78 is 13.3. The van der Waals surface area contributed by atoms with Gasteiger partial charge in [-0.1, -0.05) is 29.8 Å². The Morgan fingerprint density at radius 2 is 1.78 bits per heavy atom. The molecule has 0 aromatic heterocycles. The fourth-order valence-electron chi connectivity index (χ4n) is 1.69. The van der Waals surface area contributed by atoms with Crippen LogP contribution in [0, 0.1) is 5.82 Å². The number of aliphatic hydroxyl groups is 1. The minimum absolute atomic E-state index is 0.0376. The molecule has 0 amide bonds. The van der Waals surface area contributed by atoms with E-state index in [0.29, 0.717) is 12.0 Å². The normalized spacial score (nSPS) is 12.4. The highest BCUT2D eigenvalue weighted by atomic mass is 35.5. The lowest BCUT2D eigenvalue weighted by molar-refractivity contribution is 0.178. The van der Waals surface area contributed by atoms with Gasteiger partial charge in [0.05, 0.1) is 11.1 Å². The van der Waals surface area contributed by atoms with E-state index in [1.165, 1.54) is 12.1 Å². The van der Waals surface area contributed by atoms with Gasteiger partial charge in [0, 0.05) is 6.42 Å². The predicted octanol–water partition coefficient (Wildman–Crippen LogP) is 3.46. The van der Waals surface area contributed by atoms with Gasteiger partial charge >= 0.3 is 0 Å². The van der Waals surface area contributed by atoms with Crippen molar-refractivity contribution in [3.8, 4) is 5.75 Å². The number of benzene rings is 2. The van der Waals surface area contributed by atoms with E-state index in [1.54, 1.807) is 30.3 Å². The van der Waals surface area contributed by atoms with E-state index in [2.05, 4.69) is 0 Å². The van der Waals surface area contributed by atoms with E-state index in [1.807, 2.05) is 0 Å². The first kappa shape index (κ1) is 12.9. The maximum atomic E-state index is 13.3. The number of phenols is 1. The third-order valence-electron chi connectivity index (χ3n) is 2.69. The van der Waals surface area contributed by atoms with Crippen molar-refractivity contribution in [3.63, 3.8) is 0 Å². The van der Waals surface area contributed by atoms with Crippen LogP contribution in [-0.4, -0.2) is 10.2 Å². The molecule has 2 aromatic rings. The minimum atomic E-state index is -0.804. The Hall–Kier alpha value is -1.58. The lowest BCUT2D eigenvalue weighted by Gasteiger charge is -2.11. The SMILES string of the molecule is Oc1ccc(CC(O)c2ccc(Cl)c(F)c2)cc1. The third-order valence-corrected chi connectivity index (χ3v) is 3.00. The summed E-state index contributed by atoms with van der Waals surface area (Å²) in [4.78, 5) is 0. The van der Waals surface area contributed by atoms with Gasteiger partial charge in [-0.25, -0.2) is 4.39 Å². The van der Waals surface area contributed by atoms with E-state index in [0.717, 1.165) is 5.56 Å². The molecule has 2 nitrogen and oxygen atoms in total. The number of halogens is 2. The number of hydrogen-bond donors (Lipinski definition) is 2. The zero-order chi connectivity index (χ0) is 13.1. The van der Waals surface area contributed by atoms with Crippen LogP contribution in [-0.2, 0) is 6.42 Å². The molecule has 0 radical (unpaired) electrons. The Morgan fingerprint density at radius 3 is 2.39 bits per heavy atom. The fourth-order valence-corrected chi connectivity index (χ4v) is 1.81. The Labute approximate surface area is 109 Å². The second-order valence-corrected chi connectivity index (χ2v) is 4.47. The summed E-state index contributed by atoms with van der Waals surface area (Å²) in [5.41, 5.74) is 1.33. The molecule has 0 aliphatic carbocycles. The standard InChI is InChI=1S/C14H12ClFO2/c15-12-6-3-10(8-13(12)16)14(18)7-9-1-4-11(17)5-2-9/h1-6,8,14,17-18H,7H2. The van der Waals surface area contributed by atoms with E-state index in [-0.39, 0.29) is 10.8 Å². The monoisotopic (exact) mass is 266 g/mol. The van der Waals surface area contributed by atoms with E-state index in [4.69, 9.17) is 16.7 Å². The third kappa shape index (κ3) is 3.00. The zero-order valence-corrected chi connectivity index (χ0v) is 10.2. The Morgan fingerprint density at radius 1 is 1.11 bits per heavy atom. The molecule has 0 aliphatic heterocycles. The highest BCUT2D eigenvalue weighted by Crippen LogP contribution is 2.23.